The molecule has 1 rings (SSSR count). The molecular formula is C12H13F3N2O3. The van der Waals surface area contributed by atoms with Crippen molar-refractivity contribution in [3.05, 3.63) is 29.3 Å². The molecule has 0 saturated heterocycles. The topological polar surface area (TPSA) is 92.4 Å². The van der Waals surface area contributed by atoms with Crippen molar-refractivity contribution >= 4 is 17.6 Å². The summed E-state index contributed by atoms with van der Waals surface area (Å²) in [6.07, 6.45) is -4.67. The lowest BCUT2D eigenvalue weighted by atomic mass is 10.0. The first-order valence-electron chi connectivity index (χ1n) is 5.48. The number of carbonyl (C=O) groups is 2. The zero-order valence-electron chi connectivity index (χ0n) is 10.7. The van der Waals surface area contributed by atoms with Gasteiger partial charge in [0.2, 0.25) is 5.91 Å². The van der Waals surface area contributed by atoms with Crippen LogP contribution in [0.15, 0.2) is 18.2 Å². The molecule has 110 valence electrons. The maximum absolute atomic E-state index is 12.5. The number of aromatic carboxylic acids is 1. The van der Waals surface area contributed by atoms with Crippen LogP contribution in [0.1, 0.15) is 29.8 Å². The Hall–Kier alpha value is -2.09. The number of hydrogen-bond donors (Lipinski definition) is 3. The first kappa shape index (κ1) is 16.0. The number of carbonyl (C=O) groups excluding carboxylic acids is 1. The van der Waals surface area contributed by atoms with Gasteiger partial charge in [0.15, 0.2) is 0 Å². The smallest absolute Gasteiger partial charge is 0.416 e. The number of rotatable bonds is 3. The van der Waals surface area contributed by atoms with Crippen LogP contribution in [0, 0.1) is 0 Å². The van der Waals surface area contributed by atoms with Gasteiger partial charge in [0.1, 0.15) is 0 Å². The van der Waals surface area contributed by atoms with Crippen molar-refractivity contribution in [2.75, 3.05) is 5.32 Å². The Balaban J connectivity index is 3.22. The highest BCUT2D eigenvalue weighted by Crippen LogP contribution is 2.32. The van der Waals surface area contributed by atoms with Crippen LogP contribution in [0.2, 0.25) is 0 Å². The molecular weight excluding hydrogens is 277 g/mol. The van der Waals surface area contributed by atoms with Crippen molar-refractivity contribution in [3.63, 3.8) is 0 Å². The molecule has 4 N–H and O–H groups in total. The minimum Gasteiger partial charge on any atom is -0.478 e. The number of anilines is 1. The molecule has 0 fully saturated rings. The van der Waals surface area contributed by atoms with Gasteiger partial charge < -0.3 is 16.2 Å². The highest BCUT2D eigenvalue weighted by molar-refractivity contribution is 6.03. The Morgan fingerprint density at radius 3 is 2.20 bits per heavy atom. The molecule has 1 aromatic carbocycles. The van der Waals surface area contributed by atoms with Crippen molar-refractivity contribution < 1.29 is 27.9 Å². The van der Waals surface area contributed by atoms with E-state index in [0.29, 0.717) is 12.1 Å². The molecule has 0 heterocycles. The Morgan fingerprint density at radius 2 is 1.80 bits per heavy atom. The molecule has 1 aromatic rings. The third-order valence-electron chi connectivity index (χ3n) is 2.41. The fourth-order valence-corrected chi connectivity index (χ4v) is 1.29. The van der Waals surface area contributed by atoms with E-state index >= 15 is 0 Å². The van der Waals surface area contributed by atoms with Gasteiger partial charge in [-0.15, -0.1) is 0 Å². The predicted octanol–water partition coefficient (Wildman–Crippen LogP) is 2.08. The van der Waals surface area contributed by atoms with E-state index in [-0.39, 0.29) is 5.69 Å². The van der Waals surface area contributed by atoms with Crippen molar-refractivity contribution in [2.45, 2.75) is 25.6 Å². The van der Waals surface area contributed by atoms with Gasteiger partial charge in [-0.25, -0.2) is 4.79 Å². The maximum atomic E-state index is 12.5. The van der Waals surface area contributed by atoms with E-state index in [9.17, 15) is 22.8 Å². The van der Waals surface area contributed by atoms with E-state index in [4.69, 9.17) is 10.8 Å². The molecule has 0 radical (unpaired) electrons. The highest BCUT2D eigenvalue weighted by Gasteiger charge is 2.32. The number of hydrogen-bond acceptors (Lipinski definition) is 3. The second kappa shape index (κ2) is 5.12. The largest absolute Gasteiger partial charge is 0.478 e. The van der Waals surface area contributed by atoms with Gasteiger partial charge in [0.25, 0.3) is 0 Å². The predicted molar refractivity (Wildman–Crippen MR) is 65.3 cm³/mol. The van der Waals surface area contributed by atoms with Crippen LogP contribution in [0.4, 0.5) is 18.9 Å². The Labute approximate surface area is 112 Å². The Morgan fingerprint density at radius 1 is 1.25 bits per heavy atom. The lowest BCUT2D eigenvalue weighted by molar-refractivity contribution is -0.137. The van der Waals surface area contributed by atoms with Crippen molar-refractivity contribution in [1.82, 2.24) is 0 Å². The summed E-state index contributed by atoms with van der Waals surface area (Å²) in [7, 11) is 0. The molecule has 0 aromatic heterocycles. The molecule has 0 bridgehead atoms. The molecule has 8 heteroatoms. The minimum absolute atomic E-state index is 0.242. The Kier molecular flexibility index (Phi) is 4.09. The number of nitrogens with one attached hydrogen (secondary N) is 1. The summed E-state index contributed by atoms with van der Waals surface area (Å²) in [5, 5.41) is 11.1. The number of alkyl halides is 3. The number of nitrogens with two attached hydrogens (primary N) is 1. The van der Waals surface area contributed by atoms with E-state index in [1.54, 1.807) is 0 Å². The summed E-state index contributed by atoms with van der Waals surface area (Å²) >= 11 is 0. The van der Waals surface area contributed by atoms with Crippen LogP contribution >= 0.6 is 0 Å². The average Bonchev–Trinajstić information content (AvgIpc) is 2.26. The molecule has 1 amide bonds. The van der Waals surface area contributed by atoms with E-state index in [1.165, 1.54) is 13.8 Å². The normalized spacial score (nSPS) is 12.1. The highest BCUT2D eigenvalue weighted by atomic mass is 19.4. The zero-order valence-corrected chi connectivity index (χ0v) is 10.7. The summed E-state index contributed by atoms with van der Waals surface area (Å²) in [6.45, 7) is 2.76. The van der Waals surface area contributed by atoms with Gasteiger partial charge in [0.05, 0.1) is 22.4 Å². The van der Waals surface area contributed by atoms with Crippen molar-refractivity contribution in [1.29, 1.82) is 0 Å². The van der Waals surface area contributed by atoms with Crippen LogP contribution in [0.5, 0.6) is 0 Å². The SMILES string of the molecule is CC(C)(N)C(=O)Nc1ccc(C(F)(F)F)cc1C(=O)O. The fraction of sp³-hybridized carbons (Fsp3) is 0.333. The molecule has 0 saturated carbocycles. The van der Waals surface area contributed by atoms with E-state index < -0.39 is 34.7 Å². The van der Waals surface area contributed by atoms with Gasteiger partial charge in [-0.2, -0.15) is 13.2 Å². The number of carboxylic acid groups (broad SMARTS) is 1. The first-order chi connectivity index (χ1) is 8.93. The van der Waals surface area contributed by atoms with E-state index in [1.807, 2.05) is 0 Å². The number of carboxylic acids is 1. The van der Waals surface area contributed by atoms with Crippen LogP contribution in [0.3, 0.4) is 0 Å². The molecule has 20 heavy (non-hydrogen) atoms. The quantitative estimate of drug-likeness (QED) is 0.794. The first-order valence-corrected chi connectivity index (χ1v) is 5.48. The summed E-state index contributed by atoms with van der Waals surface area (Å²) in [5.41, 5.74) is 2.21. The fourth-order valence-electron chi connectivity index (χ4n) is 1.29. The number of halogens is 3. The number of benzene rings is 1. The molecule has 0 spiro atoms. The van der Waals surface area contributed by atoms with Crippen LogP contribution in [-0.2, 0) is 11.0 Å². The third kappa shape index (κ3) is 3.70. The van der Waals surface area contributed by atoms with Crippen molar-refractivity contribution in [3.8, 4) is 0 Å². The second-order valence-electron chi connectivity index (χ2n) is 4.74. The standard InChI is InChI=1S/C12H13F3N2O3/c1-11(2,16)10(20)17-8-4-3-6(12(13,14)15)5-7(8)9(18)19/h3-5H,16H2,1-2H3,(H,17,20)(H,18,19). The van der Waals surface area contributed by atoms with Crippen LogP contribution in [0.25, 0.3) is 0 Å². The lowest BCUT2D eigenvalue weighted by Crippen LogP contribution is -2.45. The van der Waals surface area contributed by atoms with Gasteiger partial charge >= 0.3 is 12.1 Å². The molecule has 0 unspecified atom stereocenters. The Bertz CT molecular complexity index is 548. The molecule has 0 aliphatic rings. The molecule has 0 aliphatic carbocycles. The zero-order chi connectivity index (χ0) is 15.7. The van der Waals surface area contributed by atoms with Gasteiger partial charge in [-0.3, -0.25) is 4.79 Å². The summed E-state index contributed by atoms with van der Waals surface area (Å²) < 4.78 is 37.5. The third-order valence-corrected chi connectivity index (χ3v) is 2.41. The van der Waals surface area contributed by atoms with E-state index in [0.717, 1.165) is 6.07 Å². The summed E-state index contributed by atoms with van der Waals surface area (Å²) in [4.78, 5) is 22.6. The second-order valence-corrected chi connectivity index (χ2v) is 4.74. The molecule has 0 atom stereocenters. The van der Waals surface area contributed by atoms with E-state index in [2.05, 4.69) is 5.32 Å². The molecule has 5 nitrogen and oxygen atoms in total. The summed E-state index contributed by atoms with van der Waals surface area (Å²) in [5.74, 6) is -2.29. The average molecular weight is 290 g/mol. The number of amides is 1. The van der Waals surface area contributed by atoms with Gasteiger partial charge in [-0.1, -0.05) is 0 Å². The maximum Gasteiger partial charge on any atom is 0.416 e. The van der Waals surface area contributed by atoms with Gasteiger partial charge in [0, 0.05) is 0 Å². The minimum atomic E-state index is -4.67. The lowest BCUT2D eigenvalue weighted by Gasteiger charge is -2.19. The summed E-state index contributed by atoms with van der Waals surface area (Å²) in [6, 6.07) is 2.03. The van der Waals surface area contributed by atoms with Crippen LogP contribution in [-0.4, -0.2) is 22.5 Å². The monoisotopic (exact) mass is 290 g/mol. The van der Waals surface area contributed by atoms with Gasteiger partial charge in [-0.05, 0) is 32.0 Å². The van der Waals surface area contributed by atoms with Crippen LogP contribution < -0.4 is 11.1 Å². The molecule has 0 aliphatic heterocycles. The van der Waals surface area contributed by atoms with Crippen molar-refractivity contribution in [2.24, 2.45) is 5.73 Å².